The normalized spacial score (nSPS) is 38.1. The van der Waals surface area contributed by atoms with Gasteiger partial charge in [-0.05, 0) is 56.3 Å². The summed E-state index contributed by atoms with van der Waals surface area (Å²) in [5.41, 5.74) is 0.848. The van der Waals surface area contributed by atoms with Crippen LogP contribution in [-0.4, -0.2) is 24.8 Å². The molecule has 5 atom stereocenters. The average Bonchev–Trinajstić information content (AvgIpc) is 2.70. The first kappa shape index (κ1) is 16.3. The maximum atomic E-state index is 6.45. The van der Waals surface area contributed by atoms with Gasteiger partial charge in [0.15, 0.2) is 0 Å². The van der Waals surface area contributed by atoms with Gasteiger partial charge in [0.25, 0.3) is 0 Å². The molecule has 2 fully saturated rings. The predicted octanol–water partition coefficient (Wildman–Crippen LogP) is 4.38. The van der Waals surface area contributed by atoms with Crippen molar-refractivity contribution in [2.75, 3.05) is 6.54 Å². The standard InChI is InChI=1S/C18H35NO/c1-7-8-13(2)19-12-14(3)20-16-11-15-9-10-18(16,6)17(15,4)5/h13-16,19H,7-12H2,1-6H3. The SMILES string of the molecule is CCCC(C)NCC(C)OC1CC2CCC1(C)C2(C)C. The molecule has 0 aromatic carbocycles. The van der Waals surface area contributed by atoms with Gasteiger partial charge in [-0.15, -0.1) is 0 Å². The van der Waals surface area contributed by atoms with E-state index in [1.54, 1.807) is 0 Å². The van der Waals surface area contributed by atoms with Crippen molar-refractivity contribution < 1.29 is 4.74 Å². The Kier molecular flexibility index (Phi) is 4.86. The van der Waals surface area contributed by atoms with Crippen LogP contribution in [0.25, 0.3) is 0 Å². The van der Waals surface area contributed by atoms with Gasteiger partial charge in [-0.3, -0.25) is 0 Å². The van der Waals surface area contributed by atoms with Crippen LogP contribution in [0.2, 0.25) is 0 Å². The van der Waals surface area contributed by atoms with Crippen molar-refractivity contribution >= 4 is 0 Å². The fourth-order valence-electron chi connectivity index (χ4n) is 4.57. The largest absolute Gasteiger partial charge is 0.373 e. The molecule has 0 spiro atoms. The summed E-state index contributed by atoms with van der Waals surface area (Å²) in [4.78, 5) is 0. The summed E-state index contributed by atoms with van der Waals surface area (Å²) in [6, 6.07) is 0.609. The summed E-state index contributed by atoms with van der Waals surface area (Å²) in [7, 11) is 0. The van der Waals surface area contributed by atoms with Crippen molar-refractivity contribution in [3.8, 4) is 0 Å². The second kappa shape index (κ2) is 5.96. The van der Waals surface area contributed by atoms with Crippen molar-refractivity contribution in [1.82, 2.24) is 5.32 Å². The number of nitrogens with one attached hydrogen (secondary N) is 1. The molecule has 2 aliphatic carbocycles. The van der Waals surface area contributed by atoms with E-state index in [-0.39, 0.29) is 0 Å². The lowest BCUT2D eigenvalue weighted by Gasteiger charge is -2.40. The molecule has 2 nitrogen and oxygen atoms in total. The molecule has 5 unspecified atom stereocenters. The smallest absolute Gasteiger partial charge is 0.0675 e. The van der Waals surface area contributed by atoms with Gasteiger partial charge < -0.3 is 10.1 Å². The third-order valence-corrected chi connectivity index (χ3v) is 6.59. The molecule has 2 heteroatoms. The van der Waals surface area contributed by atoms with Crippen LogP contribution in [0, 0.1) is 16.7 Å². The molecule has 0 saturated heterocycles. The molecule has 2 rings (SSSR count). The minimum Gasteiger partial charge on any atom is -0.373 e. The zero-order valence-electron chi connectivity index (χ0n) is 14.5. The second-order valence-electron chi connectivity index (χ2n) is 8.14. The van der Waals surface area contributed by atoms with E-state index in [0.717, 1.165) is 12.5 Å². The van der Waals surface area contributed by atoms with E-state index in [4.69, 9.17) is 4.74 Å². The van der Waals surface area contributed by atoms with Crippen molar-refractivity contribution in [3.63, 3.8) is 0 Å². The lowest BCUT2D eigenvalue weighted by molar-refractivity contribution is -0.0796. The van der Waals surface area contributed by atoms with Crippen LogP contribution < -0.4 is 5.32 Å². The van der Waals surface area contributed by atoms with Crippen molar-refractivity contribution in [2.45, 2.75) is 91.9 Å². The van der Waals surface area contributed by atoms with Gasteiger partial charge in [0.05, 0.1) is 12.2 Å². The number of rotatable bonds is 7. The molecule has 20 heavy (non-hydrogen) atoms. The van der Waals surface area contributed by atoms with Crippen LogP contribution in [0.3, 0.4) is 0 Å². The highest BCUT2D eigenvalue weighted by atomic mass is 16.5. The Bertz CT molecular complexity index is 327. The second-order valence-corrected chi connectivity index (χ2v) is 8.14. The molecule has 1 N–H and O–H groups in total. The van der Waals surface area contributed by atoms with E-state index in [2.05, 4.69) is 46.9 Å². The highest BCUT2D eigenvalue weighted by Crippen LogP contribution is 2.66. The van der Waals surface area contributed by atoms with Crippen LogP contribution in [0.15, 0.2) is 0 Å². The Labute approximate surface area is 126 Å². The van der Waals surface area contributed by atoms with E-state index < -0.39 is 0 Å². The van der Waals surface area contributed by atoms with Gasteiger partial charge in [0.1, 0.15) is 0 Å². The van der Waals surface area contributed by atoms with E-state index in [1.165, 1.54) is 32.1 Å². The van der Waals surface area contributed by atoms with Crippen molar-refractivity contribution in [3.05, 3.63) is 0 Å². The van der Waals surface area contributed by atoms with Gasteiger partial charge in [0.2, 0.25) is 0 Å². The first-order valence-electron chi connectivity index (χ1n) is 8.70. The molecule has 0 aromatic rings. The predicted molar refractivity (Wildman–Crippen MR) is 85.9 cm³/mol. The van der Waals surface area contributed by atoms with Crippen LogP contribution in [-0.2, 0) is 4.74 Å². The Morgan fingerprint density at radius 1 is 1.25 bits per heavy atom. The van der Waals surface area contributed by atoms with Crippen molar-refractivity contribution in [2.24, 2.45) is 16.7 Å². The Balaban J connectivity index is 1.83. The first-order valence-corrected chi connectivity index (χ1v) is 8.70. The highest BCUT2D eigenvalue weighted by molar-refractivity contribution is 5.11. The molecule has 118 valence electrons. The summed E-state index contributed by atoms with van der Waals surface area (Å²) < 4.78 is 6.45. The molecule has 0 heterocycles. The summed E-state index contributed by atoms with van der Waals surface area (Å²) in [5.74, 6) is 0.872. The quantitative estimate of drug-likeness (QED) is 0.747. The van der Waals surface area contributed by atoms with Crippen LogP contribution >= 0.6 is 0 Å². The van der Waals surface area contributed by atoms with Crippen LogP contribution in [0.5, 0.6) is 0 Å². The third-order valence-electron chi connectivity index (χ3n) is 6.59. The summed E-state index contributed by atoms with van der Waals surface area (Å²) in [6.45, 7) is 15.1. The summed E-state index contributed by atoms with van der Waals surface area (Å²) in [5, 5.41) is 3.61. The summed E-state index contributed by atoms with van der Waals surface area (Å²) >= 11 is 0. The molecule has 0 aromatic heterocycles. The molecular weight excluding hydrogens is 246 g/mol. The topological polar surface area (TPSA) is 21.3 Å². The minimum atomic E-state index is 0.325. The Morgan fingerprint density at radius 2 is 1.95 bits per heavy atom. The number of hydrogen-bond acceptors (Lipinski definition) is 2. The molecule has 2 aliphatic rings. The maximum Gasteiger partial charge on any atom is 0.0675 e. The molecule has 0 aliphatic heterocycles. The van der Waals surface area contributed by atoms with Crippen molar-refractivity contribution in [1.29, 1.82) is 0 Å². The van der Waals surface area contributed by atoms with Crippen LogP contribution in [0.1, 0.15) is 73.6 Å². The maximum absolute atomic E-state index is 6.45. The highest BCUT2D eigenvalue weighted by Gasteiger charge is 2.62. The van der Waals surface area contributed by atoms with Gasteiger partial charge in [-0.2, -0.15) is 0 Å². The molecule has 2 saturated carbocycles. The number of hydrogen-bond donors (Lipinski definition) is 1. The van der Waals surface area contributed by atoms with E-state index in [0.29, 0.717) is 29.1 Å². The molecule has 2 bridgehead atoms. The first-order chi connectivity index (χ1) is 9.31. The fraction of sp³-hybridized carbons (Fsp3) is 1.00. The van der Waals surface area contributed by atoms with Gasteiger partial charge in [-0.25, -0.2) is 0 Å². The van der Waals surface area contributed by atoms with E-state index in [1.807, 2.05) is 0 Å². The summed E-state index contributed by atoms with van der Waals surface area (Å²) in [6.07, 6.45) is 7.33. The zero-order valence-corrected chi connectivity index (χ0v) is 14.5. The molecule has 0 amide bonds. The minimum absolute atomic E-state index is 0.325. The van der Waals surface area contributed by atoms with Gasteiger partial charge in [-0.1, -0.05) is 34.1 Å². The van der Waals surface area contributed by atoms with Gasteiger partial charge >= 0.3 is 0 Å². The monoisotopic (exact) mass is 281 g/mol. The van der Waals surface area contributed by atoms with Crippen LogP contribution in [0.4, 0.5) is 0 Å². The third kappa shape index (κ3) is 2.78. The lowest BCUT2D eigenvalue weighted by Crippen LogP contribution is -2.41. The molecule has 0 radical (unpaired) electrons. The number of ether oxygens (including phenoxy) is 1. The van der Waals surface area contributed by atoms with E-state index >= 15 is 0 Å². The average molecular weight is 281 g/mol. The number of fused-ring (bicyclic) bond motifs is 2. The van der Waals surface area contributed by atoms with Gasteiger partial charge in [0, 0.05) is 12.6 Å². The Hall–Kier alpha value is -0.0800. The van der Waals surface area contributed by atoms with E-state index in [9.17, 15) is 0 Å². The zero-order chi connectivity index (χ0) is 15.0. The fourth-order valence-corrected chi connectivity index (χ4v) is 4.57. The Morgan fingerprint density at radius 3 is 2.45 bits per heavy atom. The molecular formula is C18H35NO. The lowest BCUT2D eigenvalue weighted by atomic mass is 9.70.